The second-order valence-electron chi connectivity index (χ2n) is 2.61. The molecule has 0 saturated carbocycles. The number of aromatic nitrogens is 3. The van der Waals surface area contributed by atoms with E-state index in [-0.39, 0.29) is 11.9 Å². The van der Waals surface area contributed by atoms with Crippen molar-refractivity contribution in [3.05, 3.63) is 12.2 Å². The fourth-order valence-corrected chi connectivity index (χ4v) is 1.14. The average molecular weight is 168 g/mol. The molecule has 1 unspecified atom stereocenters. The number of rotatable bonds is 3. The van der Waals surface area contributed by atoms with E-state index in [2.05, 4.69) is 10.2 Å². The molecule has 0 aliphatic carbocycles. The predicted molar refractivity (Wildman–Crippen MR) is 43.3 cm³/mol. The van der Waals surface area contributed by atoms with Gasteiger partial charge in [-0.3, -0.25) is 4.79 Å². The van der Waals surface area contributed by atoms with Gasteiger partial charge in [0.15, 0.2) is 0 Å². The normalized spacial score (nSPS) is 12.8. The molecule has 5 heteroatoms. The molecule has 5 nitrogen and oxygen atoms in total. The summed E-state index contributed by atoms with van der Waals surface area (Å²) in [4.78, 5) is 10.9. The summed E-state index contributed by atoms with van der Waals surface area (Å²) in [6.45, 7) is 3.69. The number of carbonyl (C=O) groups excluding carboxylic acids is 1. The van der Waals surface area contributed by atoms with E-state index in [1.807, 2.05) is 6.92 Å². The summed E-state index contributed by atoms with van der Waals surface area (Å²) in [6, 6.07) is -0.319. The van der Waals surface area contributed by atoms with Crippen LogP contribution in [0.15, 0.2) is 6.33 Å². The quantitative estimate of drug-likeness (QED) is 0.691. The van der Waals surface area contributed by atoms with E-state index in [1.54, 1.807) is 11.5 Å². The van der Waals surface area contributed by atoms with Gasteiger partial charge in [0.1, 0.15) is 18.2 Å². The summed E-state index contributed by atoms with van der Waals surface area (Å²) in [7, 11) is 0. The smallest absolute Gasteiger partial charge is 0.240 e. The van der Waals surface area contributed by atoms with Crippen LogP contribution in [0.4, 0.5) is 0 Å². The van der Waals surface area contributed by atoms with Crippen LogP contribution in [0.5, 0.6) is 0 Å². The van der Waals surface area contributed by atoms with Crippen LogP contribution in [0.25, 0.3) is 0 Å². The Hall–Kier alpha value is -1.39. The van der Waals surface area contributed by atoms with E-state index < -0.39 is 0 Å². The Balaban J connectivity index is 2.94. The zero-order valence-corrected chi connectivity index (χ0v) is 7.19. The van der Waals surface area contributed by atoms with Gasteiger partial charge in [0.25, 0.3) is 0 Å². The second-order valence-corrected chi connectivity index (χ2v) is 2.61. The van der Waals surface area contributed by atoms with Crippen molar-refractivity contribution in [2.24, 2.45) is 5.73 Å². The third-order valence-electron chi connectivity index (χ3n) is 1.80. The van der Waals surface area contributed by atoms with Crippen LogP contribution in [0.1, 0.15) is 25.2 Å². The summed E-state index contributed by atoms with van der Waals surface area (Å²) in [5.74, 6) is 0.362. The van der Waals surface area contributed by atoms with E-state index in [0.717, 1.165) is 0 Å². The van der Waals surface area contributed by atoms with Gasteiger partial charge >= 0.3 is 0 Å². The molecular weight excluding hydrogens is 156 g/mol. The fraction of sp³-hybridized carbons (Fsp3) is 0.571. The number of hydrogen-bond acceptors (Lipinski definition) is 3. The number of carbonyl (C=O) groups is 1. The molecule has 12 heavy (non-hydrogen) atoms. The minimum absolute atomic E-state index is 0.319. The number of nitrogens with zero attached hydrogens (tertiary/aromatic N) is 3. The van der Waals surface area contributed by atoms with Crippen LogP contribution < -0.4 is 5.73 Å². The monoisotopic (exact) mass is 168 g/mol. The third-order valence-corrected chi connectivity index (χ3v) is 1.80. The highest BCUT2D eigenvalue weighted by atomic mass is 16.1. The maximum absolute atomic E-state index is 10.9. The highest BCUT2D eigenvalue weighted by molar-refractivity contribution is 5.78. The van der Waals surface area contributed by atoms with Crippen molar-refractivity contribution in [3.63, 3.8) is 0 Å². The number of aryl methyl sites for hydroxylation is 1. The van der Waals surface area contributed by atoms with Gasteiger partial charge < -0.3 is 10.3 Å². The fourth-order valence-electron chi connectivity index (χ4n) is 1.14. The van der Waals surface area contributed by atoms with Gasteiger partial charge in [0.05, 0.1) is 0 Å². The number of nitrogens with two attached hydrogens (primary N) is 1. The molecule has 1 rings (SSSR count). The average Bonchev–Trinajstić information content (AvgIpc) is 2.38. The maximum Gasteiger partial charge on any atom is 0.240 e. The molecule has 0 radical (unpaired) electrons. The largest absolute Gasteiger partial charge is 0.368 e. The van der Waals surface area contributed by atoms with E-state index in [9.17, 15) is 4.79 Å². The Bertz CT molecular complexity index is 281. The van der Waals surface area contributed by atoms with Crippen molar-refractivity contribution in [3.8, 4) is 0 Å². The summed E-state index contributed by atoms with van der Waals surface area (Å²) >= 11 is 0. The van der Waals surface area contributed by atoms with Gasteiger partial charge in [-0.05, 0) is 13.3 Å². The lowest BCUT2D eigenvalue weighted by Crippen LogP contribution is -2.26. The SMILES string of the molecule is CCC(C(N)=O)n1cnnc1C. The van der Waals surface area contributed by atoms with Crippen LogP contribution in [-0.2, 0) is 4.79 Å². The Morgan fingerprint density at radius 1 is 1.83 bits per heavy atom. The van der Waals surface area contributed by atoms with E-state index in [1.165, 1.54) is 6.33 Å². The molecule has 0 aliphatic heterocycles. The van der Waals surface area contributed by atoms with Gasteiger partial charge in [0, 0.05) is 0 Å². The molecule has 0 bridgehead atoms. The molecule has 0 fully saturated rings. The molecule has 1 aromatic rings. The maximum atomic E-state index is 10.9. The van der Waals surface area contributed by atoms with E-state index in [4.69, 9.17) is 5.73 Å². The number of primary amides is 1. The number of hydrogen-bond donors (Lipinski definition) is 1. The Morgan fingerprint density at radius 2 is 2.50 bits per heavy atom. The third kappa shape index (κ3) is 1.44. The van der Waals surface area contributed by atoms with Crippen LogP contribution in [-0.4, -0.2) is 20.7 Å². The minimum Gasteiger partial charge on any atom is -0.368 e. The van der Waals surface area contributed by atoms with Gasteiger partial charge in [-0.2, -0.15) is 0 Å². The van der Waals surface area contributed by atoms with Gasteiger partial charge in [-0.15, -0.1) is 10.2 Å². The van der Waals surface area contributed by atoms with Crippen LogP contribution in [0, 0.1) is 6.92 Å². The minimum atomic E-state index is -0.347. The zero-order chi connectivity index (χ0) is 9.14. The first-order valence-electron chi connectivity index (χ1n) is 3.82. The lowest BCUT2D eigenvalue weighted by Gasteiger charge is -2.12. The molecule has 66 valence electrons. The van der Waals surface area contributed by atoms with Crippen LogP contribution in [0.2, 0.25) is 0 Å². The van der Waals surface area contributed by atoms with Crippen molar-refractivity contribution in [2.75, 3.05) is 0 Å². The summed E-state index contributed by atoms with van der Waals surface area (Å²) in [5, 5.41) is 7.45. The van der Waals surface area contributed by atoms with Crippen molar-refractivity contribution in [2.45, 2.75) is 26.3 Å². The highest BCUT2D eigenvalue weighted by Gasteiger charge is 2.16. The Labute approximate surface area is 70.6 Å². The molecule has 0 aromatic carbocycles. The van der Waals surface area contributed by atoms with E-state index >= 15 is 0 Å². The molecule has 1 heterocycles. The lowest BCUT2D eigenvalue weighted by molar-refractivity contribution is -0.121. The molecule has 0 spiro atoms. The van der Waals surface area contributed by atoms with Gasteiger partial charge in [-0.1, -0.05) is 6.92 Å². The van der Waals surface area contributed by atoms with Crippen LogP contribution in [0.3, 0.4) is 0 Å². The molecule has 0 aliphatic rings. The lowest BCUT2D eigenvalue weighted by atomic mass is 10.2. The molecular formula is C7H12N4O. The first kappa shape index (κ1) is 8.70. The highest BCUT2D eigenvalue weighted by Crippen LogP contribution is 2.10. The van der Waals surface area contributed by atoms with Crippen LogP contribution >= 0.6 is 0 Å². The second kappa shape index (κ2) is 3.34. The van der Waals surface area contributed by atoms with Crippen molar-refractivity contribution >= 4 is 5.91 Å². The Kier molecular flexibility index (Phi) is 2.42. The van der Waals surface area contributed by atoms with Gasteiger partial charge in [-0.25, -0.2) is 0 Å². The molecule has 1 atom stereocenters. The first-order chi connectivity index (χ1) is 5.66. The standard InChI is InChI=1S/C7H12N4O/c1-3-6(7(8)12)11-4-9-10-5(11)2/h4,6H,3H2,1-2H3,(H2,8,12). The number of amides is 1. The van der Waals surface area contributed by atoms with Crippen molar-refractivity contribution in [1.82, 2.24) is 14.8 Å². The molecule has 1 amide bonds. The van der Waals surface area contributed by atoms with E-state index in [0.29, 0.717) is 12.2 Å². The zero-order valence-electron chi connectivity index (χ0n) is 7.19. The predicted octanol–water partition coefficient (Wildman–Crippen LogP) is 0.0229. The first-order valence-corrected chi connectivity index (χ1v) is 3.82. The molecule has 2 N–H and O–H groups in total. The summed E-state index contributed by atoms with van der Waals surface area (Å²) in [6.07, 6.45) is 2.18. The Morgan fingerprint density at radius 3 is 2.83 bits per heavy atom. The summed E-state index contributed by atoms with van der Waals surface area (Å²) < 4.78 is 1.68. The molecule has 0 saturated heterocycles. The van der Waals surface area contributed by atoms with Crippen molar-refractivity contribution < 1.29 is 4.79 Å². The van der Waals surface area contributed by atoms with Crippen molar-refractivity contribution in [1.29, 1.82) is 0 Å². The molecule has 1 aromatic heterocycles. The summed E-state index contributed by atoms with van der Waals surface area (Å²) in [5.41, 5.74) is 5.19. The topological polar surface area (TPSA) is 73.8 Å². The van der Waals surface area contributed by atoms with Gasteiger partial charge in [0.2, 0.25) is 5.91 Å².